The molecule has 1 atom stereocenters. The average molecular weight is 343 g/mol. The Balaban J connectivity index is 2.41. The van der Waals surface area contributed by atoms with Gasteiger partial charge >= 0.3 is 5.69 Å². The molecule has 132 valence electrons. The molecule has 3 rings (SSSR count). The minimum atomic E-state index is -0.456. The van der Waals surface area contributed by atoms with Crippen molar-refractivity contribution >= 4 is 11.0 Å². The fraction of sp³-hybridized carbons (Fsp3) is 0.421. The Hall–Kier alpha value is -2.50. The van der Waals surface area contributed by atoms with Crippen molar-refractivity contribution in [1.82, 2.24) is 14.5 Å². The van der Waals surface area contributed by atoms with Gasteiger partial charge in [0.25, 0.3) is 5.56 Å². The molecule has 1 aliphatic carbocycles. The second-order valence-corrected chi connectivity index (χ2v) is 6.68. The number of allylic oxidation sites excluding steroid dienone is 4. The van der Waals surface area contributed by atoms with Gasteiger partial charge in [-0.15, -0.1) is 0 Å². The highest BCUT2D eigenvalue weighted by atomic mass is 19.1. The molecular weight excluding hydrogens is 321 g/mol. The number of aromatic amines is 1. The first kappa shape index (κ1) is 17.3. The number of hydrogen-bond acceptors (Lipinski definition) is 3. The zero-order chi connectivity index (χ0) is 18.3. The lowest BCUT2D eigenvalue weighted by molar-refractivity contribution is 0.639. The standard InChI is InChI=1S/C19H22FN3O2/c1-5-23-17-15(18(24)22-19(23)25)14(10(2)3)11(4)16(21-17)12-6-8-13(20)9-7-12/h6,8-10,12H,5,7H2,1-4H3,(H,22,24,25). The summed E-state index contributed by atoms with van der Waals surface area (Å²) in [4.78, 5) is 31.8. The Kier molecular flexibility index (Phi) is 4.45. The summed E-state index contributed by atoms with van der Waals surface area (Å²) < 4.78 is 14.8. The number of nitrogens with one attached hydrogen (secondary N) is 1. The fourth-order valence-electron chi connectivity index (χ4n) is 3.62. The van der Waals surface area contributed by atoms with E-state index in [9.17, 15) is 14.0 Å². The second-order valence-electron chi connectivity index (χ2n) is 6.68. The normalized spacial score (nSPS) is 17.4. The van der Waals surface area contributed by atoms with Crippen LogP contribution < -0.4 is 11.2 Å². The van der Waals surface area contributed by atoms with E-state index in [4.69, 9.17) is 4.98 Å². The van der Waals surface area contributed by atoms with Crippen LogP contribution >= 0.6 is 0 Å². The smallest absolute Gasteiger partial charge is 0.278 e. The van der Waals surface area contributed by atoms with Crippen molar-refractivity contribution in [2.75, 3.05) is 0 Å². The third-order valence-electron chi connectivity index (χ3n) is 4.76. The van der Waals surface area contributed by atoms with E-state index in [-0.39, 0.29) is 17.7 Å². The maximum Gasteiger partial charge on any atom is 0.329 e. The molecular formula is C19H22FN3O2. The minimum absolute atomic E-state index is 0.0684. The number of nitrogens with zero attached hydrogens (tertiary/aromatic N) is 2. The van der Waals surface area contributed by atoms with Crippen LogP contribution in [0.5, 0.6) is 0 Å². The summed E-state index contributed by atoms with van der Waals surface area (Å²) in [7, 11) is 0. The van der Waals surface area contributed by atoms with Gasteiger partial charge in [-0.1, -0.05) is 19.9 Å². The maximum absolute atomic E-state index is 13.3. The van der Waals surface area contributed by atoms with Crippen molar-refractivity contribution in [1.29, 1.82) is 0 Å². The first-order valence-corrected chi connectivity index (χ1v) is 8.56. The number of rotatable bonds is 3. The van der Waals surface area contributed by atoms with E-state index in [1.807, 2.05) is 27.7 Å². The summed E-state index contributed by atoms with van der Waals surface area (Å²) in [6.07, 6.45) is 5.29. The predicted octanol–water partition coefficient (Wildman–Crippen LogP) is 3.43. The molecule has 1 aliphatic rings. The van der Waals surface area contributed by atoms with Crippen molar-refractivity contribution in [2.45, 2.75) is 52.5 Å². The topological polar surface area (TPSA) is 67.8 Å². The highest BCUT2D eigenvalue weighted by Gasteiger charge is 2.23. The van der Waals surface area contributed by atoms with E-state index in [1.165, 1.54) is 16.7 Å². The third kappa shape index (κ3) is 2.86. The molecule has 0 bridgehead atoms. The molecule has 0 saturated heterocycles. The van der Waals surface area contributed by atoms with Gasteiger partial charge in [-0.25, -0.2) is 14.2 Å². The molecule has 0 aliphatic heterocycles. The first-order chi connectivity index (χ1) is 11.8. The van der Waals surface area contributed by atoms with Gasteiger partial charge in [0, 0.05) is 12.5 Å². The number of hydrogen-bond donors (Lipinski definition) is 1. The largest absolute Gasteiger partial charge is 0.329 e. The molecule has 0 fully saturated rings. The first-order valence-electron chi connectivity index (χ1n) is 8.56. The third-order valence-corrected chi connectivity index (χ3v) is 4.76. The van der Waals surface area contributed by atoms with Crippen molar-refractivity contribution in [3.05, 3.63) is 61.7 Å². The van der Waals surface area contributed by atoms with Crippen molar-refractivity contribution in [2.24, 2.45) is 0 Å². The van der Waals surface area contributed by atoms with Crippen LogP contribution in [0.1, 0.15) is 55.8 Å². The Morgan fingerprint density at radius 1 is 1.40 bits per heavy atom. The summed E-state index contributed by atoms with van der Waals surface area (Å²) in [6, 6.07) is 0. The summed E-state index contributed by atoms with van der Waals surface area (Å²) in [5, 5.41) is 0.471. The molecule has 1 unspecified atom stereocenters. The lowest BCUT2D eigenvalue weighted by Gasteiger charge is -2.22. The zero-order valence-corrected chi connectivity index (χ0v) is 14.9. The summed E-state index contributed by atoms with van der Waals surface area (Å²) in [6.45, 7) is 8.23. The summed E-state index contributed by atoms with van der Waals surface area (Å²) in [5.74, 6) is -0.227. The lowest BCUT2D eigenvalue weighted by Crippen LogP contribution is -2.32. The molecule has 2 aromatic heterocycles. The molecule has 6 heteroatoms. The van der Waals surface area contributed by atoms with E-state index in [0.717, 1.165) is 16.8 Å². The number of aromatic nitrogens is 3. The van der Waals surface area contributed by atoms with Gasteiger partial charge in [-0.3, -0.25) is 14.3 Å². The molecule has 0 aromatic carbocycles. The van der Waals surface area contributed by atoms with Crippen molar-refractivity contribution in [3.63, 3.8) is 0 Å². The van der Waals surface area contributed by atoms with Gasteiger partial charge in [0.2, 0.25) is 0 Å². The van der Waals surface area contributed by atoms with Crippen LogP contribution in [-0.4, -0.2) is 14.5 Å². The molecule has 25 heavy (non-hydrogen) atoms. The average Bonchev–Trinajstić information content (AvgIpc) is 2.55. The van der Waals surface area contributed by atoms with Gasteiger partial charge in [0.1, 0.15) is 11.5 Å². The Morgan fingerprint density at radius 3 is 2.68 bits per heavy atom. The molecule has 5 nitrogen and oxygen atoms in total. The number of H-pyrrole nitrogens is 1. The zero-order valence-electron chi connectivity index (χ0n) is 14.9. The molecule has 2 heterocycles. The molecule has 0 radical (unpaired) electrons. The van der Waals surface area contributed by atoms with E-state index in [0.29, 0.717) is 24.0 Å². The number of aryl methyl sites for hydroxylation is 1. The lowest BCUT2D eigenvalue weighted by atomic mass is 9.87. The van der Waals surface area contributed by atoms with Crippen molar-refractivity contribution < 1.29 is 4.39 Å². The highest BCUT2D eigenvalue weighted by Crippen LogP contribution is 2.34. The Labute approximate surface area is 144 Å². The summed E-state index contributed by atoms with van der Waals surface area (Å²) in [5.41, 5.74) is 2.17. The van der Waals surface area contributed by atoms with Gasteiger partial charge in [0.15, 0.2) is 0 Å². The molecule has 1 N–H and O–H groups in total. The highest BCUT2D eigenvalue weighted by molar-refractivity contribution is 5.80. The Bertz CT molecular complexity index is 1010. The number of fused-ring (bicyclic) bond motifs is 1. The minimum Gasteiger partial charge on any atom is -0.278 e. The molecule has 0 saturated carbocycles. The van der Waals surface area contributed by atoms with Gasteiger partial charge < -0.3 is 0 Å². The van der Waals surface area contributed by atoms with Crippen LogP contribution in [-0.2, 0) is 6.54 Å². The van der Waals surface area contributed by atoms with E-state index < -0.39 is 11.2 Å². The van der Waals surface area contributed by atoms with Gasteiger partial charge in [-0.2, -0.15) is 0 Å². The van der Waals surface area contributed by atoms with E-state index >= 15 is 0 Å². The molecule has 0 amide bonds. The van der Waals surface area contributed by atoms with Crippen LogP contribution in [0.2, 0.25) is 0 Å². The summed E-state index contributed by atoms with van der Waals surface area (Å²) >= 11 is 0. The SMILES string of the molecule is CCn1c(=O)[nH]c(=O)c2c(C(C)C)c(C)c(C3C=CC(F)=CC3)nc21. The van der Waals surface area contributed by atoms with Gasteiger partial charge in [0.05, 0.1) is 11.1 Å². The van der Waals surface area contributed by atoms with Crippen LogP contribution in [0.3, 0.4) is 0 Å². The van der Waals surface area contributed by atoms with Crippen LogP contribution in [0, 0.1) is 6.92 Å². The number of pyridine rings is 1. The fourth-order valence-corrected chi connectivity index (χ4v) is 3.62. The predicted molar refractivity (Wildman–Crippen MR) is 96.8 cm³/mol. The molecule has 2 aromatic rings. The Morgan fingerprint density at radius 2 is 2.12 bits per heavy atom. The van der Waals surface area contributed by atoms with Crippen LogP contribution in [0.4, 0.5) is 4.39 Å². The van der Waals surface area contributed by atoms with Crippen LogP contribution in [0.15, 0.2) is 33.6 Å². The number of halogens is 1. The maximum atomic E-state index is 13.3. The van der Waals surface area contributed by atoms with Crippen molar-refractivity contribution in [3.8, 4) is 0 Å². The quantitative estimate of drug-likeness (QED) is 0.928. The monoisotopic (exact) mass is 343 g/mol. The van der Waals surface area contributed by atoms with Gasteiger partial charge in [-0.05, 0) is 49.5 Å². The molecule has 0 spiro atoms. The van der Waals surface area contributed by atoms with E-state index in [1.54, 1.807) is 6.08 Å². The second kappa shape index (κ2) is 6.43. The van der Waals surface area contributed by atoms with Crippen LogP contribution in [0.25, 0.3) is 11.0 Å². The van der Waals surface area contributed by atoms with E-state index in [2.05, 4.69) is 4.98 Å².